The van der Waals surface area contributed by atoms with Crippen LogP contribution in [0.5, 0.6) is 0 Å². The molecule has 1 atom stereocenters. The van der Waals surface area contributed by atoms with Crippen LogP contribution in [0.1, 0.15) is 19.8 Å². The van der Waals surface area contributed by atoms with Gasteiger partial charge in [-0.3, -0.25) is 14.9 Å². The molecular formula is C7H12N2O3. The van der Waals surface area contributed by atoms with Crippen LogP contribution < -0.4 is 5.32 Å². The number of nitrogens with one attached hydrogen (secondary N) is 1. The SMILES string of the molecule is CC(=O)NC(=O)[C@@H]1CCCN1O. The lowest BCUT2D eigenvalue weighted by Gasteiger charge is -2.15. The van der Waals surface area contributed by atoms with Crippen molar-refractivity contribution in [3.8, 4) is 0 Å². The van der Waals surface area contributed by atoms with E-state index >= 15 is 0 Å². The van der Waals surface area contributed by atoms with Crippen LogP contribution >= 0.6 is 0 Å². The van der Waals surface area contributed by atoms with Crippen LogP contribution in [0.2, 0.25) is 0 Å². The number of hydroxylamine groups is 2. The highest BCUT2D eigenvalue weighted by atomic mass is 16.5. The van der Waals surface area contributed by atoms with Gasteiger partial charge in [0.25, 0.3) is 0 Å². The fourth-order valence-electron chi connectivity index (χ4n) is 1.27. The predicted molar refractivity (Wildman–Crippen MR) is 40.3 cm³/mol. The normalized spacial score (nSPS) is 24.0. The number of hydrogen-bond donors (Lipinski definition) is 2. The summed E-state index contributed by atoms with van der Waals surface area (Å²) in [6.45, 7) is 1.77. The molecule has 0 aromatic carbocycles. The molecule has 1 heterocycles. The second-order valence-electron chi connectivity index (χ2n) is 2.87. The van der Waals surface area contributed by atoms with Gasteiger partial charge in [-0.25, -0.2) is 0 Å². The molecule has 1 saturated heterocycles. The summed E-state index contributed by atoms with van der Waals surface area (Å²) in [5.74, 6) is -0.803. The van der Waals surface area contributed by atoms with Crippen LogP contribution in [0.15, 0.2) is 0 Å². The second-order valence-corrected chi connectivity index (χ2v) is 2.87. The van der Waals surface area contributed by atoms with E-state index in [0.29, 0.717) is 13.0 Å². The van der Waals surface area contributed by atoms with Gasteiger partial charge >= 0.3 is 0 Å². The standard InChI is InChI=1S/C7H12N2O3/c1-5(10)8-7(11)6-3-2-4-9(6)12/h6,12H,2-4H2,1H3,(H,8,10,11)/t6-/m0/s1. The first-order valence-electron chi connectivity index (χ1n) is 3.88. The Kier molecular flexibility index (Phi) is 2.78. The van der Waals surface area contributed by atoms with Gasteiger partial charge < -0.3 is 5.21 Å². The number of hydrogen-bond acceptors (Lipinski definition) is 4. The Hall–Kier alpha value is -0.940. The lowest BCUT2D eigenvalue weighted by molar-refractivity contribution is -0.147. The van der Waals surface area contributed by atoms with E-state index in [4.69, 9.17) is 5.21 Å². The van der Waals surface area contributed by atoms with Crippen LogP contribution in [-0.2, 0) is 9.59 Å². The smallest absolute Gasteiger partial charge is 0.246 e. The Balaban J connectivity index is 2.46. The van der Waals surface area contributed by atoms with Crippen LogP contribution in [0.3, 0.4) is 0 Å². The summed E-state index contributed by atoms with van der Waals surface area (Å²) in [5.41, 5.74) is 0. The molecule has 12 heavy (non-hydrogen) atoms. The number of carbonyl (C=O) groups excluding carboxylic acids is 2. The molecule has 1 aliphatic heterocycles. The summed E-state index contributed by atoms with van der Waals surface area (Å²) in [6.07, 6.45) is 1.39. The predicted octanol–water partition coefficient (Wildman–Crippen LogP) is -0.497. The van der Waals surface area contributed by atoms with E-state index in [1.807, 2.05) is 0 Å². The molecule has 5 heteroatoms. The Morgan fingerprint density at radius 3 is 2.67 bits per heavy atom. The van der Waals surface area contributed by atoms with Gasteiger partial charge in [-0.15, -0.1) is 0 Å². The molecule has 0 aromatic rings. The summed E-state index contributed by atoms with van der Waals surface area (Å²) < 4.78 is 0. The topological polar surface area (TPSA) is 69.6 Å². The van der Waals surface area contributed by atoms with Crippen molar-refractivity contribution in [2.24, 2.45) is 0 Å². The summed E-state index contributed by atoms with van der Waals surface area (Å²) in [4.78, 5) is 21.6. The zero-order valence-corrected chi connectivity index (χ0v) is 6.91. The van der Waals surface area contributed by atoms with Crippen molar-refractivity contribution in [1.29, 1.82) is 0 Å². The third-order valence-electron chi connectivity index (χ3n) is 1.83. The van der Waals surface area contributed by atoms with E-state index in [1.165, 1.54) is 6.92 Å². The average Bonchev–Trinajstić information content (AvgIpc) is 2.33. The summed E-state index contributed by atoms with van der Waals surface area (Å²) in [5, 5.41) is 12.2. The molecule has 5 nitrogen and oxygen atoms in total. The fraction of sp³-hybridized carbons (Fsp3) is 0.714. The van der Waals surface area contributed by atoms with Gasteiger partial charge in [0, 0.05) is 13.5 Å². The lowest BCUT2D eigenvalue weighted by Crippen LogP contribution is -2.43. The lowest BCUT2D eigenvalue weighted by atomic mass is 10.2. The Morgan fingerprint density at radius 1 is 1.58 bits per heavy atom. The zero-order chi connectivity index (χ0) is 9.14. The molecule has 68 valence electrons. The average molecular weight is 172 g/mol. The number of carbonyl (C=O) groups is 2. The minimum absolute atomic E-state index is 0.389. The van der Waals surface area contributed by atoms with E-state index < -0.39 is 11.9 Å². The van der Waals surface area contributed by atoms with Gasteiger partial charge in [0.05, 0.1) is 0 Å². The molecule has 1 fully saturated rings. The molecule has 1 aliphatic rings. The number of amides is 2. The number of rotatable bonds is 1. The first-order valence-corrected chi connectivity index (χ1v) is 3.88. The first-order chi connectivity index (χ1) is 5.61. The van der Waals surface area contributed by atoms with E-state index in [0.717, 1.165) is 11.5 Å². The monoisotopic (exact) mass is 172 g/mol. The largest absolute Gasteiger partial charge is 0.313 e. The van der Waals surface area contributed by atoms with E-state index in [-0.39, 0.29) is 5.91 Å². The highest BCUT2D eigenvalue weighted by Gasteiger charge is 2.29. The van der Waals surface area contributed by atoms with Crippen molar-refractivity contribution in [3.05, 3.63) is 0 Å². The second kappa shape index (κ2) is 3.64. The number of imide groups is 1. The molecule has 0 aliphatic carbocycles. The van der Waals surface area contributed by atoms with Crippen molar-refractivity contribution < 1.29 is 14.8 Å². The van der Waals surface area contributed by atoms with Crippen LogP contribution in [0.25, 0.3) is 0 Å². The van der Waals surface area contributed by atoms with Crippen molar-refractivity contribution in [2.75, 3.05) is 6.54 Å². The van der Waals surface area contributed by atoms with E-state index in [9.17, 15) is 9.59 Å². The summed E-state index contributed by atoms with van der Waals surface area (Å²) >= 11 is 0. The minimum Gasteiger partial charge on any atom is -0.313 e. The van der Waals surface area contributed by atoms with Crippen molar-refractivity contribution in [1.82, 2.24) is 10.4 Å². The van der Waals surface area contributed by atoms with Crippen LogP contribution in [0, 0.1) is 0 Å². The highest BCUT2D eigenvalue weighted by Crippen LogP contribution is 2.13. The van der Waals surface area contributed by atoms with Gasteiger partial charge in [0.15, 0.2) is 0 Å². The van der Waals surface area contributed by atoms with Crippen LogP contribution in [0.4, 0.5) is 0 Å². The Morgan fingerprint density at radius 2 is 2.25 bits per heavy atom. The highest BCUT2D eigenvalue weighted by molar-refractivity contribution is 5.96. The maximum absolute atomic E-state index is 11.1. The van der Waals surface area contributed by atoms with Crippen molar-refractivity contribution in [2.45, 2.75) is 25.8 Å². The molecule has 2 N–H and O–H groups in total. The summed E-state index contributed by atoms with van der Waals surface area (Å²) in [6, 6.07) is -0.547. The van der Waals surface area contributed by atoms with Gasteiger partial charge in [-0.05, 0) is 12.8 Å². The summed E-state index contributed by atoms with van der Waals surface area (Å²) in [7, 11) is 0. The van der Waals surface area contributed by atoms with E-state index in [1.54, 1.807) is 0 Å². The fourth-order valence-corrected chi connectivity index (χ4v) is 1.27. The molecule has 0 unspecified atom stereocenters. The molecule has 1 rings (SSSR count). The van der Waals surface area contributed by atoms with Gasteiger partial charge in [-0.2, -0.15) is 5.06 Å². The van der Waals surface area contributed by atoms with E-state index in [2.05, 4.69) is 5.32 Å². The third-order valence-corrected chi connectivity index (χ3v) is 1.83. The van der Waals surface area contributed by atoms with Gasteiger partial charge in [0.1, 0.15) is 6.04 Å². The third kappa shape index (κ3) is 2.02. The van der Waals surface area contributed by atoms with Crippen molar-refractivity contribution >= 4 is 11.8 Å². The molecule has 2 amide bonds. The molecule has 0 saturated carbocycles. The Bertz CT molecular complexity index is 205. The van der Waals surface area contributed by atoms with Gasteiger partial charge in [-0.1, -0.05) is 0 Å². The Labute approximate surface area is 70.3 Å². The minimum atomic E-state index is -0.547. The first kappa shape index (κ1) is 9.15. The molecule has 0 radical (unpaired) electrons. The maximum atomic E-state index is 11.1. The van der Waals surface area contributed by atoms with Crippen LogP contribution in [-0.4, -0.2) is 34.7 Å². The molecular weight excluding hydrogens is 160 g/mol. The molecule has 0 aromatic heterocycles. The number of nitrogens with zero attached hydrogens (tertiary/aromatic N) is 1. The maximum Gasteiger partial charge on any atom is 0.246 e. The zero-order valence-electron chi connectivity index (χ0n) is 6.91. The van der Waals surface area contributed by atoms with Crippen molar-refractivity contribution in [3.63, 3.8) is 0 Å². The molecule has 0 bridgehead atoms. The quantitative estimate of drug-likeness (QED) is 0.559. The molecule has 0 spiro atoms. The van der Waals surface area contributed by atoms with Gasteiger partial charge in [0.2, 0.25) is 11.8 Å².